The minimum absolute atomic E-state index is 0.340. The van der Waals surface area contributed by atoms with Gasteiger partial charge in [0, 0.05) is 18.0 Å². The van der Waals surface area contributed by atoms with Gasteiger partial charge in [0.25, 0.3) is 0 Å². The lowest BCUT2D eigenvalue weighted by atomic mass is 10.2. The summed E-state index contributed by atoms with van der Waals surface area (Å²) >= 11 is 0. The van der Waals surface area contributed by atoms with E-state index in [1.165, 1.54) is 11.6 Å². The highest BCUT2D eigenvalue weighted by atomic mass is 16.5. The molecule has 0 saturated heterocycles. The maximum atomic E-state index is 11.2. The fourth-order valence-electron chi connectivity index (χ4n) is 2.90. The van der Waals surface area contributed by atoms with Crippen molar-refractivity contribution in [3.63, 3.8) is 0 Å². The van der Waals surface area contributed by atoms with Gasteiger partial charge >= 0.3 is 5.63 Å². The molecule has 0 aliphatic heterocycles. The largest absolute Gasteiger partial charge is 0.494 e. The van der Waals surface area contributed by atoms with E-state index in [0.29, 0.717) is 12.2 Å². The molecular formula is C20H18N2O3. The molecule has 5 heteroatoms. The first-order chi connectivity index (χ1) is 12.3. The van der Waals surface area contributed by atoms with E-state index in [2.05, 4.69) is 15.6 Å². The van der Waals surface area contributed by atoms with Crippen molar-refractivity contribution in [3.05, 3.63) is 71.3 Å². The zero-order valence-electron chi connectivity index (χ0n) is 13.7. The van der Waals surface area contributed by atoms with Gasteiger partial charge in [-0.25, -0.2) is 9.78 Å². The number of benzene rings is 2. The van der Waals surface area contributed by atoms with E-state index in [0.717, 1.165) is 36.0 Å². The van der Waals surface area contributed by atoms with Crippen LogP contribution in [0.3, 0.4) is 0 Å². The smallest absolute Gasteiger partial charge is 0.336 e. The van der Waals surface area contributed by atoms with Crippen LogP contribution in [-0.2, 0) is 6.54 Å². The fourth-order valence-corrected chi connectivity index (χ4v) is 2.90. The summed E-state index contributed by atoms with van der Waals surface area (Å²) in [6.07, 6.45) is 3.86. The number of hydrogen-bond donors (Lipinski definition) is 0. The van der Waals surface area contributed by atoms with E-state index in [4.69, 9.17) is 9.15 Å². The predicted molar refractivity (Wildman–Crippen MR) is 96.9 cm³/mol. The maximum Gasteiger partial charge on any atom is 0.336 e. The highest BCUT2D eigenvalue weighted by Gasteiger charge is 2.02. The molecule has 0 fully saturated rings. The molecule has 0 aliphatic rings. The summed E-state index contributed by atoms with van der Waals surface area (Å²) < 4.78 is 13.1. The molecule has 5 nitrogen and oxygen atoms in total. The lowest BCUT2D eigenvalue weighted by molar-refractivity contribution is 0.304. The van der Waals surface area contributed by atoms with Crippen molar-refractivity contribution in [3.8, 4) is 5.75 Å². The lowest BCUT2D eigenvalue weighted by Gasteiger charge is -2.08. The van der Waals surface area contributed by atoms with Crippen LogP contribution in [0.1, 0.15) is 12.8 Å². The summed E-state index contributed by atoms with van der Waals surface area (Å²) in [5.41, 5.74) is 2.43. The van der Waals surface area contributed by atoms with Crippen molar-refractivity contribution in [2.45, 2.75) is 19.4 Å². The normalized spacial score (nSPS) is 11.2. The Morgan fingerprint density at radius 1 is 1.04 bits per heavy atom. The molecule has 0 aliphatic carbocycles. The standard InChI is InChI=1S/C20H18N2O3/c23-20-10-7-15-13-16(8-9-19(15)25-20)24-12-4-3-11-22-14-21-17-5-1-2-6-18(17)22/h1-2,5-10,13-14H,3-4,11-12H2. The van der Waals surface area contributed by atoms with E-state index >= 15 is 0 Å². The second kappa shape index (κ2) is 6.81. The van der Waals surface area contributed by atoms with Crippen LogP contribution < -0.4 is 10.4 Å². The zero-order chi connectivity index (χ0) is 17.1. The van der Waals surface area contributed by atoms with E-state index in [1.807, 2.05) is 36.7 Å². The van der Waals surface area contributed by atoms with Crippen LogP contribution in [-0.4, -0.2) is 16.2 Å². The van der Waals surface area contributed by atoms with Crippen LogP contribution >= 0.6 is 0 Å². The number of imidazole rings is 1. The third-order valence-corrected chi connectivity index (χ3v) is 4.18. The van der Waals surface area contributed by atoms with E-state index < -0.39 is 0 Å². The Labute approximate surface area is 144 Å². The maximum absolute atomic E-state index is 11.2. The number of aromatic nitrogens is 2. The highest BCUT2D eigenvalue weighted by Crippen LogP contribution is 2.20. The zero-order valence-corrected chi connectivity index (χ0v) is 13.7. The van der Waals surface area contributed by atoms with Gasteiger partial charge in [-0.3, -0.25) is 0 Å². The first-order valence-electron chi connectivity index (χ1n) is 8.36. The molecule has 0 N–H and O–H groups in total. The molecule has 2 heterocycles. The van der Waals surface area contributed by atoms with Crippen molar-refractivity contribution < 1.29 is 9.15 Å². The molecule has 2 aromatic carbocycles. The molecule has 4 aromatic rings. The van der Waals surface area contributed by atoms with Crippen molar-refractivity contribution in [2.75, 3.05) is 6.61 Å². The predicted octanol–water partition coefficient (Wildman–Crippen LogP) is 4.00. The van der Waals surface area contributed by atoms with Crippen LogP contribution in [0.15, 0.2) is 70.1 Å². The quantitative estimate of drug-likeness (QED) is 0.395. The Balaban J connectivity index is 1.31. The van der Waals surface area contributed by atoms with Gasteiger partial charge in [-0.15, -0.1) is 0 Å². The number of ether oxygens (including phenoxy) is 1. The Kier molecular flexibility index (Phi) is 4.21. The fraction of sp³-hybridized carbons (Fsp3) is 0.200. The highest BCUT2D eigenvalue weighted by molar-refractivity contribution is 5.78. The van der Waals surface area contributed by atoms with Crippen molar-refractivity contribution in [1.29, 1.82) is 0 Å². The minimum atomic E-state index is -0.340. The molecule has 0 spiro atoms. The minimum Gasteiger partial charge on any atom is -0.494 e. The van der Waals surface area contributed by atoms with Gasteiger partial charge in [0.1, 0.15) is 11.3 Å². The average Bonchev–Trinajstić information content (AvgIpc) is 3.05. The Hall–Kier alpha value is -3.08. The van der Waals surface area contributed by atoms with E-state index in [-0.39, 0.29) is 5.63 Å². The van der Waals surface area contributed by atoms with Crippen molar-refractivity contribution >= 4 is 22.0 Å². The monoisotopic (exact) mass is 334 g/mol. The van der Waals surface area contributed by atoms with Crippen LogP contribution in [0.5, 0.6) is 5.75 Å². The Morgan fingerprint density at radius 2 is 1.96 bits per heavy atom. The molecule has 0 radical (unpaired) electrons. The SMILES string of the molecule is O=c1ccc2cc(OCCCCn3cnc4ccccc43)ccc2o1. The topological polar surface area (TPSA) is 57.3 Å². The lowest BCUT2D eigenvalue weighted by Crippen LogP contribution is -2.01. The summed E-state index contributed by atoms with van der Waals surface area (Å²) in [6.45, 7) is 1.57. The molecule has 0 saturated carbocycles. The summed E-state index contributed by atoms with van der Waals surface area (Å²) in [5.74, 6) is 0.787. The number of fused-ring (bicyclic) bond motifs is 2. The van der Waals surface area contributed by atoms with Crippen LogP contribution in [0.2, 0.25) is 0 Å². The Morgan fingerprint density at radius 3 is 2.92 bits per heavy atom. The number of rotatable bonds is 6. The summed E-state index contributed by atoms with van der Waals surface area (Å²) in [5, 5.41) is 0.863. The molecule has 0 unspecified atom stereocenters. The first kappa shape index (κ1) is 15.4. The number of para-hydroxylation sites is 2. The second-order valence-electron chi connectivity index (χ2n) is 5.94. The van der Waals surface area contributed by atoms with Gasteiger partial charge in [-0.05, 0) is 49.2 Å². The van der Waals surface area contributed by atoms with Gasteiger partial charge in [0.05, 0.1) is 24.0 Å². The summed E-state index contributed by atoms with van der Waals surface area (Å²) in [6, 6.07) is 16.8. The van der Waals surface area contributed by atoms with Crippen molar-refractivity contribution in [1.82, 2.24) is 9.55 Å². The van der Waals surface area contributed by atoms with E-state index in [9.17, 15) is 4.79 Å². The molecule has 0 atom stereocenters. The molecule has 25 heavy (non-hydrogen) atoms. The third kappa shape index (κ3) is 3.40. The molecule has 0 amide bonds. The summed E-state index contributed by atoms with van der Waals surface area (Å²) in [7, 11) is 0. The number of hydrogen-bond acceptors (Lipinski definition) is 4. The first-order valence-corrected chi connectivity index (χ1v) is 8.36. The molecule has 2 aromatic heterocycles. The second-order valence-corrected chi connectivity index (χ2v) is 5.94. The van der Waals surface area contributed by atoms with E-state index in [1.54, 1.807) is 12.1 Å². The van der Waals surface area contributed by atoms with Gasteiger partial charge < -0.3 is 13.7 Å². The number of nitrogens with zero attached hydrogens (tertiary/aromatic N) is 2. The summed E-state index contributed by atoms with van der Waals surface area (Å²) in [4.78, 5) is 15.6. The van der Waals surface area contributed by atoms with Crippen LogP contribution in [0, 0.1) is 0 Å². The molecule has 0 bridgehead atoms. The van der Waals surface area contributed by atoms with Gasteiger partial charge in [-0.1, -0.05) is 12.1 Å². The number of unbranched alkanes of at least 4 members (excludes halogenated alkanes) is 1. The van der Waals surface area contributed by atoms with Crippen LogP contribution in [0.4, 0.5) is 0 Å². The molecule has 126 valence electrons. The van der Waals surface area contributed by atoms with Crippen LogP contribution in [0.25, 0.3) is 22.0 Å². The Bertz CT molecular complexity index is 1070. The van der Waals surface area contributed by atoms with Gasteiger partial charge in [-0.2, -0.15) is 0 Å². The average molecular weight is 334 g/mol. The van der Waals surface area contributed by atoms with Crippen molar-refractivity contribution in [2.24, 2.45) is 0 Å². The molecule has 4 rings (SSSR count). The third-order valence-electron chi connectivity index (χ3n) is 4.18. The molecular weight excluding hydrogens is 316 g/mol. The van der Waals surface area contributed by atoms with Gasteiger partial charge in [0.15, 0.2) is 0 Å². The van der Waals surface area contributed by atoms with Gasteiger partial charge in [0.2, 0.25) is 0 Å². The number of aryl methyl sites for hydroxylation is 1.